The number of carbonyl (C=O) groups is 1. The maximum absolute atomic E-state index is 12.1. The number of aromatic amines is 1. The summed E-state index contributed by atoms with van der Waals surface area (Å²) in [5.41, 5.74) is 0.665. The third-order valence-corrected chi connectivity index (χ3v) is 3.32. The minimum Gasteiger partial charge on any atom is -0.471 e. The smallest absolute Gasteiger partial charge is 0.255 e. The molecule has 0 aliphatic carbocycles. The van der Waals surface area contributed by atoms with Crippen LogP contribution in [0.2, 0.25) is 0 Å². The average Bonchev–Trinajstić information content (AvgIpc) is 2.51. The van der Waals surface area contributed by atoms with Crippen LogP contribution in [0.5, 0.6) is 5.88 Å². The van der Waals surface area contributed by atoms with Gasteiger partial charge in [0.2, 0.25) is 11.4 Å². The van der Waals surface area contributed by atoms with Crippen LogP contribution in [0.4, 0.5) is 0 Å². The molecule has 0 bridgehead atoms. The molecule has 0 saturated carbocycles. The lowest BCUT2D eigenvalue weighted by Crippen LogP contribution is -2.56. The highest BCUT2D eigenvalue weighted by molar-refractivity contribution is 5.94. The van der Waals surface area contributed by atoms with E-state index in [1.54, 1.807) is 17.0 Å². The highest BCUT2D eigenvalue weighted by Gasteiger charge is 2.33. The molecule has 2 aromatic heterocycles. The molecule has 7 nitrogen and oxygen atoms in total. The number of ether oxygens (including phenoxy) is 1. The molecule has 1 fully saturated rings. The van der Waals surface area contributed by atoms with Gasteiger partial charge in [-0.25, -0.2) is 4.98 Å². The molecule has 3 rings (SSSR count). The zero-order valence-corrected chi connectivity index (χ0v) is 11.5. The molecule has 0 atom stereocenters. The van der Waals surface area contributed by atoms with Gasteiger partial charge in [0.05, 0.1) is 24.2 Å². The second kappa shape index (κ2) is 5.69. The molecule has 0 radical (unpaired) electrons. The number of pyridine rings is 2. The molecule has 110 valence electrons. The van der Waals surface area contributed by atoms with Crippen molar-refractivity contribution in [1.82, 2.24) is 14.9 Å². The van der Waals surface area contributed by atoms with Gasteiger partial charge in [-0.05, 0) is 12.1 Å². The second-order valence-electron chi connectivity index (χ2n) is 4.89. The van der Waals surface area contributed by atoms with Gasteiger partial charge in [-0.15, -0.1) is 0 Å². The topological polar surface area (TPSA) is 99.1 Å². The van der Waals surface area contributed by atoms with Gasteiger partial charge >= 0.3 is 0 Å². The van der Waals surface area contributed by atoms with Crippen molar-refractivity contribution in [3.05, 3.63) is 58.1 Å². The normalized spacial score (nSPS) is 14.0. The summed E-state index contributed by atoms with van der Waals surface area (Å²) in [6.45, 7) is 0.916. The lowest BCUT2D eigenvalue weighted by Gasteiger charge is -2.38. The minimum absolute atomic E-state index is 0.118. The van der Waals surface area contributed by atoms with Gasteiger partial charge in [-0.3, -0.25) is 9.59 Å². The number of H-pyrrole nitrogens is 1. The average molecular weight is 296 g/mol. The number of likely N-dealkylation sites (tertiary alicyclic amines) is 1. The zero-order valence-electron chi connectivity index (χ0n) is 11.5. The molecule has 1 aliphatic rings. The number of rotatable bonds is 3. The van der Waals surface area contributed by atoms with Crippen molar-refractivity contribution in [3.63, 3.8) is 0 Å². The van der Waals surface area contributed by atoms with Gasteiger partial charge in [0.1, 0.15) is 12.2 Å². The van der Waals surface area contributed by atoms with Crippen LogP contribution in [0.15, 0.2) is 41.5 Å². The first-order chi connectivity index (χ1) is 10.7. The number of carbonyl (C=O) groups excluding carboxylic acids is 1. The van der Waals surface area contributed by atoms with Crippen LogP contribution >= 0.6 is 0 Å². The van der Waals surface area contributed by atoms with Crippen molar-refractivity contribution in [2.75, 3.05) is 13.1 Å². The Morgan fingerprint density at radius 1 is 1.36 bits per heavy atom. The van der Waals surface area contributed by atoms with E-state index in [1.807, 2.05) is 6.07 Å². The van der Waals surface area contributed by atoms with Crippen molar-refractivity contribution < 1.29 is 9.53 Å². The summed E-state index contributed by atoms with van der Waals surface area (Å²) in [7, 11) is 0. The fraction of sp³-hybridized carbons (Fsp3) is 0.200. The fourth-order valence-electron chi connectivity index (χ4n) is 2.09. The zero-order chi connectivity index (χ0) is 15.5. The Kier molecular flexibility index (Phi) is 3.58. The summed E-state index contributed by atoms with van der Waals surface area (Å²) >= 11 is 0. The van der Waals surface area contributed by atoms with Crippen LogP contribution < -0.4 is 10.3 Å². The molecular formula is C15H12N4O3. The summed E-state index contributed by atoms with van der Waals surface area (Å²) in [4.78, 5) is 31.2. The standard InChI is InChI=1S/C15H12N4O3/c16-5-10-1-4-14(18-6-10)22-12-8-19(9-12)15(21)11-2-3-13(20)17-7-11/h1-4,6-7,12H,8-9H2,(H,17,20). The molecular weight excluding hydrogens is 284 g/mol. The first-order valence-electron chi connectivity index (χ1n) is 6.66. The fourth-order valence-corrected chi connectivity index (χ4v) is 2.09. The third-order valence-electron chi connectivity index (χ3n) is 3.32. The summed E-state index contributed by atoms with van der Waals surface area (Å²) in [6.07, 6.45) is 2.73. The van der Waals surface area contributed by atoms with Crippen molar-refractivity contribution >= 4 is 5.91 Å². The predicted molar refractivity (Wildman–Crippen MR) is 76.3 cm³/mol. The van der Waals surface area contributed by atoms with E-state index in [9.17, 15) is 9.59 Å². The van der Waals surface area contributed by atoms with Crippen LogP contribution in [0.1, 0.15) is 15.9 Å². The number of aromatic nitrogens is 2. The Morgan fingerprint density at radius 3 is 2.77 bits per heavy atom. The first kappa shape index (κ1) is 13.8. The van der Waals surface area contributed by atoms with E-state index in [0.717, 1.165) is 0 Å². The van der Waals surface area contributed by atoms with Gasteiger partial charge < -0.3 is 14.6 Å². The molecule has 1 amide bonds. The van der Waals surface area contributed by atoms with E-state index >= 15 is 0 Å². The molecule has 1 saturated heterocycles. The maximum Gasteiger partial charge on any atom is 0.255 e. The Hall–Kier alpha value is -3.14. The molecule has 3 heterocycles. The predicted octanol–water partition coefficient (Wildman–Crippen LogP) is 0.545. The number of nitrogens with one attached hydrogen (secondary N) is 1. The lowest BCUT2D eigenvalue weighted by molar-refractivity contribution is 0.0160. The van der Waals surface area contributed by atoms with E-state index in [2.05, 4.69) is 9.97 Å². The molecule has 2 aromatic rings. The Morgan fingerprint density at radius 2 is 2.18 bits per heavy atom. The van der Waals surface area contributed by atoms with E-state index in [1.165, 1.54) is 24.5 Å². The van der Waals surface area contributed by atoms with Gasteiger partial charge in [-0.1, -0.05) is 0 Å². The van der Waals surface area contributed by atoms with Crippen molar-refractivity contribution in [2.24, 2.45) is 0 Å². The van der Waals surface area contributed by atoms with Crippen LogP contribution in [-0.2, 0) is 0 Å². The van der Waals surface area contributed by atoms with E-state index < -0.39 is 0 Å². The Bertz CT molecular complexity index is 765. The number of nitriles is 1. The number of hydrogen-bond donors (Lipinski definition) is 1. The Balaban J connectivity index is 1.55. The maximum atomic E-state index is 12.1. The second-order valence-corrected chi connectivity index (χ2v) is 4.89. The highest BCUT2D eigenvalue weighted by Crippen LogP contribution is 2.18. The van der Waals surface area contributed by atoms with Crippen LogP contribution in [-0.4, -0.2) is 40.0 Å². The van der Waals surface area contributed by atoms with Gasteiger partial charge in [-0.2, -0.15) is 5.26 Å². The number of amides is 1. The SMILES string of the molecule is N#Cc1ccc(OC2CN(C(=O)c3ccc(=O)[nH]c3)C2)nc1. The molecule has 1 aliphatic heterocycles. The molecule has 22 heavy (non-hydrogen) atoms. The van der Waals surface area contributed by atoms with Crippen molar-refractivity contribution in [1.29, 1.82) is 5.26 Å². The lowest BCUT2D eigenvalue weighted by atomic mass is 10.1. The van der Waals surface area contributed by atoms with Crippen LogP contribution in [0, 0.1) is 11.3 Å². The minimum atomic E-state index is -0.242. The molecule has 0 aromatic carbocycles. The number of nitrogens with zero attached hydrogens (tertiary/aromatic N) is 3. The summed E-state index contributed by atoms with van der Waals surface area (Å²) in [6, 6.07) is 8.06. The van der Waals surface area contributed by atoms with Gasteiger partial charge in [0, 0.05) is 24.5 Å². The highest BCUT2D eigenvalue weighted by atomic mass is 16.5. The van der Waals surface area contributed by atoms with E-state index in [4.69, 9.17) is 10.00 Å². The molecule has 0 unspecified atom stereocenters. The summed E-state index contributed by atoms with van der Waals surface area (Å²) in [5, 5.41) is 8.69. The summed E-state index contributed by atoms with van der Waals surface area (Å²) < 4.78 is 5.61. The third kappa shape index (κ3) is 2.81. The summed E-state index contributed by atoms with van der Waals surface area (Å²) in [5.74, 6) is 0.282. The monoisotopic (exact) mass is 296 g/mol. The first-order valence-corrected chi connectivity index (χ1v) is 6.66. The quantitative estimate of drug-likeness (QED) is 0.891. The van der Waals surface area contributed by atoms with Crippen molar-refractivity contribution in [3.8, 4) is 11.9 Å². The van der Waals surface area contributed by atoms with E-state index in [0.29, 0.717) is 30.1 Å². The van der Waals surface area contributed by atoms with E-state index in [-0.39, 0.29) is 17.6 Å². The largest absolute Gasteiger partial charge is 0.471 e. The number of hydrogen-bond acceptors (Lipinski definition) is 5. The van der Waals surface area contributed by atoms with Crippen LogP contribution in [0.3, 0.4) is 0 Å². The van der Waals surface area contributed by atoms with Gasteiger partial charge in [0.25, 0.3) is 5.91 Å². The van der Waals surface area contributed by atoms with Crippen molar-refractivity contribution in [2.45, 2.75) is 6.10 Å². The van der Waals surface area contributed by atoms with Gasteiger partial charge in [0.15, 0.2) is 0 Å². The molecule has 1 N–H and O–H groups in total. The molecule has 7 heteroatoms. The molecule has 0 spiro atoms. The Labute approximate surface area is 125 Å². The van der Waals surface area contributed by atoms with Crippen LogP contribution in [0.25, 0.3) is 0 Å².